The van der Waals surface area contributed by atoms with Crippen molar-refractivity contribution in [3.8, 4) is 0 Å². The number of halogens is 3. The average molecular weight is 419 g/mol. The molecule has 0 bridgehead atoms. The van der Waals surface area contributed by atoms with Crippen LogP contribution in [0.2, 0.25) is 0 Å². The van der Waals surface area contributed by atoms with Gasteiger partial charge in [-0.1, -0.05) is 0 Å². The van der Waals surface area contributed by atoms with Crippen LogP contribution in [0.1, 0.15) is 43.0 Å². The van der Waals surface area contributed by atoms with Crippen LogP contribution in [0, 0.1) is 0 Å². The number of ether oxygens (including phenoxy) is 1. The number of pyridine rings is 1. The molecular formula is C18H24F3N3O3S. The van der Waals surface area contributed by atoms with Crippen molar-refractivity contribution >= 4 is 10.0 Å². The highest BCUT2D eigenvalue weighted by atomic mass is 32.2. The Labute approximate surface area is 162 Å². The number of rotatable bonds is 4. The average Bonchev–Trinajstić information content (AvgIpc) is 3.53. The van der Waals surface area contributed by atoms with E-state index in [-0.39, 0.29) is 19.0 Å². The summed E-state index contributed by atoms with van der Waals surface area (Å²) in [5, 5.41) is 0. The molecule has 2 saturated heterocycles. The van der Waals surface area contributed by atoms with Crippen molar-refractivity contribution in [2.24, 2.45) is 0 Å². The number of hydrogen-bond acceptors (Lipinski definition) is 5. The van der Waals surface area contributed by atoms with Crippen LogP contribution in [-0.4, -0.2) is 68.0 Å². The normalized spacial score (nSPS) is 23.8. The third-order valence-electron chi connectivity index (χ3n) is 5.74. The Hall–Kier alpha value is -1.23. The van der Waals surface area contributed by atoms with E-state index in [9.17, 15) is 21.6 Å². The Balaban J connectivity index is 1.53. The first kappa shape index (κ1) is 20.1. The van der Waals surface area contributed by atoms with Crippen molar-refractivity contribution in [3.63, 3.8) is 0 Å². The van der Waals surface area contributed by atoms with Crippen molar-refractivity contribution in [3.05, 3.63) is 23.5 Å². The van der Waals surface area contributed by atoms with Gasteiger partial charge in [0, 0.05) is 57.0 Å². The maximum atomic E-state index is 13.5. The van der Waals surface area contributed by atoms with Crippen molar-refractivity contribution in [1.82, 2.24) is 14.2 Å². The lowest BCUT2D eigenvalue weighted by atomic mass is 10.1. The number of piperazine rings is 1. The van der Waals surface area contributed by atoms with Crippen molar-refractivity contribution in [2.45, 2.75) is 48.7 Å². The van der Waals surface area contributed by atoms with Gasteiger partial charge in [0.25, 0.3) is 0 Å². The standard InChI is InChI=1S/C18H24F3N3O3S/c19-18(20,21)17-16(4-3-15(22-17)13-1-2-13)28(25,26)24-9-7-23(8-10-24)14-5-11-27-12-6-14/h3-4,13-14H,1-2,5-12H2. The maximum absolute atomic E-state index is 13.5. The Morgan fingerprint density at radius 2 is 1.64 bits per heavy atom. The predicted molar refractivity (Wildman–Crippen MR) is 95.4 cm³/mol. The smallest absolute Gasteiger partial charge is 0.381 e. The van der Waals surface area contributed by atoms with Gasteiger partial charge in [0.15, 0.2) is 5.69 Å². The molecule has 0 N–H and O–H groups in total. The lowest BCUT2D eigenvalue weighted by molar-refractivity contribution is -0.143. The predicted octanol–water partition coefficient (Wildman–Crippen LogP) is 2.46. The molecule has 3 heterocycles. The minimum absolute atomic E-state index is 0.0147. The van der Waals surface area contributed by atoms with E-state index in [0.29, 0.717) is 38.0 Å². The van der Waals surface area contributed by atoms with E-state index in [1.165, 1.54) is 6.07 Å². The zero-order valence-corrected chi connectivity index (χ0v) is 16.3. The van der Waals surface area contributed by atoms with E-state index in [4.69, 9.17) is 4.74 Å². The van der Waals surface area contributed by atoms with E-state index in [0.717, 1.165) is 36.1 Å². The topological polar surface area (TPSA) is 62.7 Å². The molecular weight excluding hydrogens is 395 g/mol. The zero-order chi connectivity index (χ0) is 19.9. The van der Waals surface area contributed by atoms with Gasteiger partial charge in [-0.3, -0.25) is 4.90 Å². The maximum Gasteiger partial charge on any atom is 0.434 e. The highest BCUT2D eigenvalue weighted by molar-refractivity contribution is 7.89. The molecule has 0 spiro atoms. The molecule has 1 aliphatic carbocycles. The molecule has 4 rings (SSSR count). The first-order chi connectivity index (χ1) is 13.3. The lowest BCUT2D eigenvalue weighted by Crippen LogP contribution is -2.53. The van der Waals surface area contributed by atoms with Gasteiger partial charge < -0.3 is 4.74 Å². The summed E-state index contributed by atoms with van der Waals surface area (Å²) in [6.45, 7) is 2.77. The summed E-state index contributed by atoms with van der Waals surface area (Å²) >= 11 is 0. The van der Waals surface area contributed by atoms with E-state index >= 15 is 0 Å². The van der Waals surface area contributed by atoms with E-state index in [2.05, 4.69) is 9.88 Å². The molecule has 0 radical (unpaired) electrons. The van der Waals surface area contributed by atoms with Gasteiger partial charge in [-0.25, -0.2) is 13.4 Å². The fourth-order valence-electron chi connectivity index (χ4n) is 3.98. The number of sulfonamides is 1. The van der Waals surface area contributed by atoms with Crippen LogP contribution in [0.4, 0.5) is 13.2 Å². The molecule has 1 saturated carbocycles. The molecule has 10 heteroatoms. The molecule has 156 valence electrons. The summed E-state index contributed by atoms with van der Waals surface area (Å²) in [5.41, 5.74) is -0.959. The number of aromatic nitrogens is 1. The number of nitrogens with zero attached hydrogens (tertiary/aromatic N) is 3. The summed E-state index contributed by atoms with van der Waals surface area (Å²) in [4.78, 5) is 5.18. The van der Waals surface area contributed by atoms with Gasteiger partial charge in [-0.15, -0.1) is 0 Å². The molecule has 2 aliphatic heterocycles. The highest BCUT2D eigenvalue weighted by Gasteiger charge is 2.43. The van der Waals surface area contributed by atoms with Gasteiger partial charge >= 0.3 is 6.18 Å². The summed E-state index contributed by atoms with van der Waals surface area (Å²) in [6.07, 6.45) is -1.42. The van der Waals surface area contributed by atoms with Crippen molar-refractivity contribution in [1.29, 1.82) is 0 Å². The largest absolute Gasteiger partial charge is 0.434 e. The molecule has 0 atom stereocenters. The molecule has 0 aromatic carbocycles. The Kier molecular flexibility index (Phi) is 5.41. The van der Waals surface area contributed by atoms with Crippen LogP contribution >= 0.6 is 0 Å². The third kappa shape index (κ3) is 4.05. The number of hydrogen-bond donors (Lipinski definition) is 0. The summed E-state index contributed by atoms with van der Waals surface area (Å²) in [7, 11) is -4.25. The minimum atomic E-state index is -4.81. The summed E-state index contributed by atoms with van der Waals surface area (Å²) in [6, 6.07) is 2.87. The van der Waals surface area contributed by atoms with Crippen molar-refractivity contribution < 1.29 is 26.3 Å². The van der Waals surface area contributed by atoms with Crippen LogP contribution in [0.3, 0.4) is 0 Å². The molecule has 1 aromatic heterocycles. The first-order valence-corrected chi connectivity index (χ1v) is 11.1. The van der Waals surface area contributed by atoms with Gasteiger partial charge in [0.1, 0.15) is 4.90 Å². The third-order valence-corrected chi connectivity index (χ3v) is 7.67. The van der Waals surface area contributed by atoms with Gasteiger partial charge in [-0.2, -0.15) is 17.5 Å². The molecule has 3 fully saturated rings. The molecule has 6 nitrogen and oxygen atoms in total. The Morgan fingerprint density at radius 3 is 2.21 bits per heavy atom. The van der Waals surface area contributed by atoms with Gasteiger partial charge in [-0.05, 0) is 37.8 Å². The van der Waals surface area contributed by atoms with E-state index in [1.807, 2.05) is 0 Å². The Morgan fingerprint density at radius 1 is 1.00 bits per heavy atom. The van der Waals surface area contributed by atoms with E-state index < -0.39 is 26.8 Å². The lowest BCUT2D eigenvalue weighted by Gasteiger charge is -2.40. The second kappa shape index (κ2) is 7.55. The first-order valence-electron chi connectivity index (χ1n) is 9.67. The fourth-order valence-corrected chi connectivity index (χ4v) is 5.55. The molecule has 0 amide bonds. The summed E-state index contributed by atoms with van der Waals surface area (Å²) in [5.74, 6) is 0.0147. The van der Waals surface area contributed by atoms with Crippen molar-refractivity contribution in [2.75, 3.05) is 39.4 Å². The quantitative estimate of drug-likeness (QED) is 0.750. The highest BCUT2D eigenvalue weighted by Crippen LogP contribution is 2.42. The summed E-state index contributed by atoms with van der Waals surface area (Å²) < 4.78 is 73.1. The monoisotopic (exact) mass is 419 g/mol. The SMILES string of the molecule is O=S(=O)(c1ccc(C2CC2)nc1C(F)(F)F)N1CCN(C2CCOCC2)CC1. The fraction of sp³-hybridized carbons (Fsp3) is 0.722. The molecule has 3 aliphatic rings. The van der Waals surface area contributed by atoms with Crippen LogP contribution < -0.4 is 0 Å². The molecule has 28 heavy (non-hydrogen) atoms. The Bertz CT molecular complexity index is 813. The second-order valence-electron chi connectivity index (χ2n) is 7.64. The zero-order valence-electron chi connectivity index (χ0n) is 15.5. The van der Waals surface area contributed by atoms with Crippen LogP contribution in [0.15, 0.2) is 17.0 Å². The van der Waals surface area contributed by atoms with Crippen LogP contribution in [0.5, 0.6) is 0 Å². The molecule has 0 unspecified atom stereocenters. The second-order valence-corrected chi connectivity index (χ2v) is 9.54. The van der Waals surface area contributed by atoms with E-state index in [1.54, 1.807) is 0 Å². The van der Waals surface area contributed by atoms with Crippen LogP contribution in [-0.2, 0) is 20.9 Å². The van der Waals surface area contributed by atoms with Gasteiger partial charge in [0.2, 0.25) is 10.0 Å². The van der Waals surface area contributed by atoms with Gasteiger partial charge in [0.05, 0.1) is 0 Å². The minimum Gasteiger partial charge on any atom is -0.381 e. The molecule has 1 aromatic rings. The number of alkyl halides is 3. The van der Waals surface area contributed by atoms with Crippen LogP contribution in [0.25, 0.3) is 0 Å².